The topological polar surface area (TPSA) is 92.6 Å². The van der Waals surface area contributed by atoms with E-state index >= 15 is 0 Å². The number of hydrogen-bond donors (Lipinski definition) is 1. The van der Waals surface area contributed by atoms with Crippen LogP contribution in [0.5, 0.6) is 0 Å². The lowest BCUT2D eigenvalue weighted by Crippen LogP contribution is -2.28. The van der Waals surface area contributed by atoms with Crippen LogP contribution < -0.4 is 10.2 Å². The summed E-state index contributed by atoms with van der Waals surface area (Å²) in [6.45, 7) is 2.48. The molecule has 2 aromatic rings. The Kier molecular flexibility index (Phi) is 6.03. The van der Waals surface area contributed by atoms with E-state index in [9.17, 15) is 19.7 Å². The maximum atomic E-state index is 12.5. The molecule has 1 saturated heterocycles. The second-order valence-electron chi connectivity index (χ2n) is 6.97. The van der Waals surface area contributed by atoms with E-state index in [4.69, 9.17) is 0 Å². The summed E-state index contributed by atoms with van der Waals surface area (Å²) in [5.74, 6) is -0.795. The van der Waals surface area contributed by atoms with Gasteiger partial charge in [0.15, 0.2) is 0 Å². The van der Waals surface area contributed by atoms with E-state index in [1.165, 1.54) is 29.8 Å². The lowest BCUT2D eigenvalue weighted by molar-refractivity contribution is -0.384. The van der Waals surface area contributed by atoms with Gasteiger partial charge < -0.3 is 10.2 Å². The Balaban J connectivity index is 1.61. The smallest absolute Gasteiger partial charge is 0.269 e. The molecule has 0 spiro atoms. The normalized spacial score (nSPS) is 16.2. The van der Waals surface area contributed by atoms with Crippen molar-refractivity contribution in [1.82, 2.24) is 0 Å². The lowest BCUT2D eigenvalue weighted by atomic mass is 10.1. The van der Waals surface area contributed by atoms with E-state index < -0.39 is 10.8 Å². The summed E-state index contributed by atoms with van der Waals surface area (Å²) in [6, 6.07) is 13.6. The fourth-order valence-corrected chi connectivity index (χ4v) is 3.27. The molecule has 0 radical (unpaired) electrons. The van der Waals surface area contributed by atoms with Crippen molar-refractivity contribution in [3.05, 3.63) is 64.2 Å². The largest absolute Gasteiger partial charge is 0.326 e. The van der Waals surface area contributed by atoms with Crippen LogP contribution >= 0.6 is 0 Å². The average molecular weight is 381 g/mol. The van der Waals surface area contributed by atoms with Crippen LogP contribution in [0.25, 0.3) is 0 Å². The molecule has 7 heteroatoms. The number of unbranched alkanes of at least 4 members (excludes halogenated alkanes) is 1. The molecule has 1 fully saturated rings. The molecule has 1 atom stereocenters. The molecule has 1 aliphatic rings. The Bertz CT molecular complexity index is 862. The molecular formula is C21H23N3O4. The number of benzene rings is 2. The van der Waals surface area contributed by atoms with Gasteiger partial charge in [0, 0.05) is 36.5 Å². The average Bonchev–Trinajstić information content (AvgIpc) is 3.09. The highest BCUT2D eigenvalue weighted by molar-refractivity contribution is 6.03. The van der Waals surface area contributed by atoms with Gasteiger partial charge in [0.2, 0.25) is 11.8 Å². The van der Waals surface area contributed by atoms with E-state index in [0.717, 1.165) is 24.9 Å². The van der Waals surface area contributed by atoms with Gasteiger partial charge in [-0.15, -0.1) is 0 Å². The third kappa shape index (κ3) is 4.54. The first-order valence-corrected chi connectivity index (χ1v) is 9.42. The van der Waals surface area contributed by atoms with Crippen LogP contribution in [0.4, 0.5) is 17.1 Å². The summed E-state index contributed by atoms with van der Waals surface area (Å²) in [5, 5.41) is 13.4. The number of non-ortho nitro benzene ring substituents is 1. The number of carbonyl (C=O) groups excluding carboxylic acids is 2. The number of anilines is 2. The number of hydrogen-bond acceptors (Lipinski definition) is 4. The van der Waals surface area contributed by atoms with Crippen molar-refractivity contribution in [3.8, 4) is 0 Å². The van der Waals surface area contributed by atoms with Gasteiger partial charge in [-0.05, 0) is 42.7 Å². The third-order valence-corrected chi connectivity index (χ3v) is 4.91. The summed E-state index contributed by atoms with van der Waals surface area (Å²) in [7, 11) is 0. The number of nitro groups is 1. The zero-order chi connectivity index (χ0) is 20.1. The number of carbonyl (C=O) groups is 2. The van der Waals surface area contributed by atoms with Crippen molar-refractivity contribution in [2.75, 3.05) is 16.8 Å². The molecule has 1 aliphatic heterocycles. The number of aryl methyl sites for hydroxylation is 1. The zero-order valence-electron chi connectivity index (χ0n) is 15.8. The van der Waals surface area contributed by atoms with Gasteiger partial charge in [0.25, 0.3) is 5.69 Å². The van der Waals surface area contributed by atoms with E-state index in [0.29, 0.717) is 12.2 Å². The Hall–Kier alpha value is -3.22. The Morgan fingerprint density at radius 1 is 1.18 bits per heavy atom. The molecule has 2 aromatic carbocycles. The van der Waals surface area contributed by atoms with Crippen LogP contribution in [-0.4, -0.2) is 23.3 Å². The van der Waals surface area contributed by atoms with Crippen molar-refractivity contribution in [3.63, 3.8) is 0 Å². The fraction of sp³-hybridized carbons (Fsp3) is 0.333. The standard InChI is InChI=1S/C21H23N3O4/c1-2-3-4-15-5-9-18(10-6-15)23-14-16(13-20(23)25)21(26)22-17-7-11-19(12-8-17)24(27)28/h5-12,16H,2-4,13-14H2,1H3,(H,22,26)/t16-/m1/s1. The minimum atomic E-state index is -0.493. The van der Waals surface area contributed by atoms with Gasteiger partial charge in [0.05, 0.1) is 10.8 Å². The molecule has 0 aliphatic carbocycles. The first-order chi connectivity index (χ1) is 13.5. The molecule has 28 heavy (non-hydrogen) atoms. The number of nitrogens with zero attached hydrogens (tertiary/aromatic N) is 2. The Labute approximate surface area is 163 Å². The highest BCUT2D eigenvalue weighted by Gasteiger charge is 2.35. The molecule has 0 bridgehead atoms. The summed E-state index contributed by atoms with van der Waals surface area (Å²) < 4.78 is 0. The third-order valence-electron chi connectivity index (χ3n) is 4.91. The van der Waals surface area contributed by atoms with E-state index in [2.05, 4.69) is 12.2 Å². The summed E-state index contributed by atoms with van der Waals surface area (Å²) in [4.78, 5) is 36.7. The second kappa shape index (κ2) is 8.65. The number of amides is 2. The fourth-order valence-electron chi connectivity index (χ4n) is 3.27. The second-order valence-corrected chi connectivity index (χ2v) is 6.97. The van der Waals surface area contributed by atoms with Crippen molar-refractivity contribution in [1.29, 1.82) is 0 Å². The predicted octanol–water partition coefficient (Wildman–Crippen LogP) is 3.93. The molecular weight excluding hydrogens is 358 g/mol. The quantitative estimate of drug-likeness (QED) is 0.581. The van der Waals surface area contributed by atoms with Gasteiger partial charge in [-0.3, -0.25) is 19.7 Å². The molecule has 3 rings (SSSR count). The SMILES string of the molecule is CCCCc1ccc(N2C[C@H](C(=O)Nc3ccc([N+](=O)[O-])cc3)CC2=O)cc1. The number of nitro benzene ring substituents is 1. The molecule has 0 aromatic heterocycles. The molecule has 1 heterocycles. The van der Waals surface area contributed by atoms with Crippen molar-refractivity contribution in [2.24, 2.45) is 5.92 Å². The zero-order valence-corrected chi connectivity index (χ0v) is 15.8. The van der Waals surface area contributed by atoms with Gasteiger partial charge in [-0.1, -0.05) is 25.5 Å². The highest BCUT2D eigenvalue weighted by atomic mass is 16.6. The summed E-state index contributed by atoms with van der Waals surface area (Å²) in [6.07, 6.45) is 3.44. The molecule has 0 unspecified atom stereocenters. The first kappa shape index (κ1) is 19.5. The maximum Gasteiger partial charge on any atom is 0.269 e. The molecule has 2 amide bonds. The van der Waals surface area contributed by atoms with E-state index in [1.807, 2.05) is 24.3 Å². The van der Waals surface area contributed by atoms with Crippen LogP contribution in [0.1, 0.15) is 31.7 Å². The van der Waals surface area contributed by atoms with Crippen LogP contribution in [0.15, 0.2) is 48.5 Å². The van der Waals surface area contributed by atoms with Crippen molar-refractivity contribution in [2.45, 2.75) is 32.6 Å². The molecule has 146 valence electrons. The minimum Gasteiger partial charge on any atom is -0.326 e. The van der Waals surface area contributed by atoms with Gasteiger partial charge in [0.1, 0.15) is 0 Å². The monoisotopic (exact) mass is 381 g/mol. The molecule has 7 nitrogen and oxygen atoms in total. The van der Waals surface area contributed by atoms with Crippen molar-refractivity contribution >= 4 is 28.9 Å². The first-order valence-electron chi connectivity index (χ1n) is 9.42. The Morgan fingerprint density at radius 2 is 1.86 bits per heavy atom. The number of rotatable bonds is 7. The van der Waals surface area contributed by atoms with Crippen LogP contribution in [0, 0.1) is 16.0 Å². The van der Waals surface area contributed by atoms with Crippen molar-refractivity contribution < 1.29 is 14.5 Å². The van der Waals surface area contributed by atoms with Gasteiger partial charge in [-0.25, -0.2) is 0 Å². The van der Waals surface area contributed by atoms with Crippen LogP contribution in [0.2, 0.25) is 0 Å². The molecule has 1 N–H and O–H groups in total. The van der Waals surface area contributed by atoms with Crippen LogP contribution in [0.3, 0.4) is 0 Å². The van der Waals surface area contributed by atoms with Crippen LogP contribution in [-0.2, 0) is 16.0 Å². The Morgan fingerprint density at radius 3 is 2.46 bits per heavy atom. The highest BCUT2D eigenvalue weighted by Crippen LogP contribution is 2.27. The number of nitrogens with one attached hydrogen (secondary N) is 1. The maximum absolute atomic E-state index is 12.5. The van der Waals surface area contributed by atoms with E-state index in [-0.39, 0.29) is 23.9 Å². The van der Waals surface area contributed by atoms with Gasteiger partial charge in [-0.2, -0.15) is 0 Å². The summed E-state index contributed by atoms with van der Waals surface area (Å²) in [5.41, 5.74) is 2.48. The van der Waals surface area contributed by atoms with Gasteiger partial charge >= 0.3 is 0 Å². The minimum absolute atomic E-state index is 0.0393. The lowest BCUT2D eigenvalue weighted by Gasteiger charge is -2.17. The molecule has 0 saturated carbocycles. The van der Waals surface area contributed by atoms with E-state index in [1.54, 1.807) is 4.90 Å². The summed E-state index contributed by atoms with van der Waals surface area (Å²) >= 11 is 0. The predicted molar refractivity (Wildman–Crippen MR) is 107 cm³/mol.